The summed E-state index contributed by atoms with van der Waals surface area (Å²) < 4.78 is 77.2. The Morgan fingerprint density at radius 3 is 1.82 bits per heavy atom. The molecule has 1 nitrogen and oxygen atoms in total. The first-order valence-corrected chi connectivity index (χ1v) is 6.97. The fourth-order valence-electron chi connectivity index (χ4n) is 1.61. The van der Waals surface area contributed by atoms with Crippen molar-refractivity contribution in [1.29, 1.82) is 0 Å². The minimum atomic E-state index is -5.02. The van der Waals surface area contributed by atoms with Crippen molar-refractivity contribution in [2.24, 2.45) is 0 Å². The molecule has 0 saturated heterocycles. The van der Waals surface area contributed by atoms with Crippen LogP contribution in [0.25, 0.3) is 0 Å². The second-order valence-corrected chi connectivity index (χ2v) is 5.96. The van der Waals surface area contributed by atoms with Crippen LogP contribution >= 0.6 is 8.58 Å². The Hall–Kier alpha value is -0.503. The first kappa shape index (κ1) is 21.5. The minimum Gasteiger partial charge on any atom is -0.457 e. The number of alkyl halides is 6. The van der Waals surface area contributed by atoms with E-state index in [2.05, 4.69) is 0 Å². The molecule has 0 spiro atoms. The van der Waals surface area contributed by atoms with Gasteiger partial charge in [0, 0.05) is 11.1 Å². The van der Waals surface area contributed by atoms with Gasteiger partial charge in [-0.05, 0) is 12.1 Å². The standard InChI is InChI=1S/C13H12F6OP.Li/c1-3-7(2)21-11(20)10-8(12(14,15)16)5-4-6-9(10)13(17,18)19;/h4-7H,3H2,1-2H3;/q-1;+1. The number of rotatable bonds is 4. The average molecular weight is 336 g/mol. The molecular weight excluding hydrogens is 324 g/mol. The number of halogens is 6. The van der Waals surface area contributed by atoms with Crippen LogP contribution < -0.4 is 18.9 Å². The Bertz CT molecular complexity index is 494. The molecule has 0 fully saturated rings. The molecule has 0 radical (unpaired) electrons. The van der Waals surface area contributed by atoms with Crippen molar-refractivity contribution < 1.29 is 50.0 Å². The predicted octanol–water partition coefficient (Wildman–Crippen LogP) is 2.61. The molecule has 0 aromatic heterocycles. The molecule has 0 N–H and O–H groups in total. The molecule has 1 aromatic rings. The second-order valence-electron chi connectivity index (χ2n) is 4.42. The summed E-state index contributed by atoms with van der Waals surface area (Å²) in [6, 6.07) is 1.64. The van der Waals surface area contributed by atoms with E-state index in [9.17, 15) is 31.1 Å². The van der Waals surface area contributed by atoms with Crippen LogP contribution in [0.15, 0.2) is 18.2 Å². The van der Waals surface area contributed by atoms with Crippen LogP contribution in [-0.2, 0) is 12.4 Å². The molecule has 0 saturated carbocycles. The summed E-state index contributed by atoms with van der Waals surface area (Å²) >= 11 is 0. The SMILES string of the molecule is CCC(C)[P-]C(=O)c1c(C(F)(F)F)cccc1C(F)(F)F.[Li+]. The van der Waals surface area contributed by atoms with Crippen molar-refractivity contribution in [2.45, 2.75) is 38.3 Å². The zero-order chi connectivity index (χ0) is 16.4. The number of carbonyl (C=O) groups excluding carboxylic acids is 1. The van der Waals surface area contributed by atoms with E-state index < -0.39 is 34.6 Å². The van der Waals surface area contributed by atoms with Gasteiger partial charge in [-0.15, -0.1) is 0 Å². The predicted molar refractivity (Wildman–Crippen MR) is 67.4 cm³/mol. The quantitative estimate of drug-likeness (QED) is 0.469. The maximum atomic E-state index is 12.9. The van der Waals surface area contributed by atoms with Crippen molar-refractivity contribution in [3.05, 3.63) is 34.9 Å². The van der Waals surface area contributed by atoms with Gasteiger partial charge in [0.15, 0.2) is 0 Å². The Kier molecular flexibility index (Phi) is 7.67. The third kappa shape index (κ3) is 5.29. The van der Waals surface area contributed by atoms with E-state index in [1.54, 1.807) is 13.8 Å². The first-order chi connectivity index (χ1) is 9.48. The Balaban J connectivity index is 0.00000441. The van der Waals surface area contributed by atoms with Crippen molar-refractivity contribution in [2.75, 3.05) is 0 Å². The molecule has 1 rings (SSSR count). The first-order valence-electron chi connectivity index (χ1n) is 6.01. The summed E-state index contributed by atoms with van der Waals surface area (Å²) in [6.07, 6.45) is -9.56. The van der Waals surface area contributed by atoms with E-state index in [-0.39, 0.29) is 33.1 Å². The summed E-state index contributed by atoms with van der Waals surface area (Å²) in [5.74, 6) is 0. The molecule has 0 aliphatic heterocycles. The monoisotopic (exact) mass is 336 g/mol. The molecule has 0 aliphatic carbocycles. The Morgan fingerprint density at radius 1 is 1.09 bits per heavy atom. The van der Waals surface area contributed by atoms with Gasteiger partial charge < -0.3 is 13.4 Å². The maximum Gasteiger partial charge on any atom is 1.00 e. The van der Waals surface area contributed by atoms with Crippen LogP contribution in [0, 0.1) is 0 Å². The smallest absolute Gasteiger partial charge is 0.457 e. The van der Waals surface area contributed by atoms with E-state index >= 15 is 0 Å². The summed E-state index contributed by atoms with van der Waals surface area (Å²) in [5.41, 5.74) is -5.86. The molecule has 0 bridgehead atoms. The fraction of sp³-hybridized carbons (Fsp3) is 0.462. The van der Waals surface area contributed by atoms with Crippen molar-refractivity contribution in [3.8, 4) is 0 Å². The summed E-state index contributed by atoms with van der Waals surface area (Å²) in [6.45, 7) is 3.29. The number of hydrogen-bond donors (Lipinski definition) is 0. The summed E-state index contributed by atoms with van der Waals surface area (Å²) in [4.78, 5) is 11.9. The summed E-state index contributed by atoms with van der Waals surface area (Å²) in [7, 11) is -0.0782. The van der Waals surface area contributed by atoms with Gasteiger partial charge in [0.25, 0.3) is 0 Å². The molecule has 22 heavy (non-hydrogen) atoms. The van der Waals surface area contributed by atoms with Crippen molar-refractivity contribution in [3.63, 3.8) is 0 Å². The Morgan fingerprint density at radius 2 is 1.50 bits per heavy atom. The zero-order valence-corrected chi connectivity index (χ0v) is 13.0. The molecule has 1 atom stereocenters. The van der Waals surface area contributed by atoms with Gasteiger partial charge in [-0.1, -0.05) is 26.3 Å². The molecule has 1 unspecified atom stereocenters. The van der Waals surface area contributed by atoms with Crippen LogP contribution in [0.4, 0.5) is 26.3 Å². The van der Waals surface area contributed by atoms with Gasteiger partial charge >= 0.3 is 31.2 Å². The molecule has 9 heteroatoms. The van der Waals surface area contributed by atoms with Crippen molar-refractivity contribution >= 4 is 14.1 Å². The van der Waals surface area contributed by atoms with E-state index in [1.807, 2.05) is 0 Å². The molecule has 118 valence electrons. The molecular formula is C13H12F6LiOP. The number of carbonyl (C=O) groups is 1. The molecule has 1 aromatic carbocycles. The molecule has 0 heterocycles. The topological polar surface area (TPSA) is 17.1 Å². The third-order valence-electron chi connectivity index (χ3n) is 2.82. The minimum absolute atomic E-state index is 0. The van der Waals surface area contributed by atoms with E-state index in [0.29, 0.717) is 24.6 Å². The van der Waals surface area contributed by atoms with E-state index in [0.717, 1.165) is 0 Å². The second kappa shape index (κ2) is 7.85. The van der Waals surface area contributed by atoms with Gasteiger partial charge in [-0.3, -0.25) is 0 Å². The third-order valence-corrected chi connectivity index (χ3v) is 4.08. The van der Waals surface area contributed by atoms with Gasteiger partial charge in [0.05, 0.1) is 11.1 Å². The number of benzene rings is 1. The number of hydrogen-bond acceptors (Lipinski definition) is 1. The van der Waals surface area contributed by atoms with Crippen LogP contribution in [-0.4, -0.2) is 11.2 Å². The summed E-state index contributed by atoms with van der Waals surface area (Å²) in [5, 5.41) is 0. The van der Waals surface area contributed by atoms with Crippen LogP contribution in [0.3, 0.4) is 0 Å². The molecule has 0 aliphatic rings. The van der Waals surface area contributed by atoms with Gasteiger partial charge in [0.2, 0.25) is 0 Å². The van der Waals surface area contributed by atoms with E-state index in [1.165, 1.54) is 0 Å². The van der Waals surface area contributed by atoms with Gasteiger partial charge in [0.1, 0.15) is 0 Å². The Labute approximate surface area is 137 Å². The fourth-order valence-corrected chi connectivity index (χ4v) is 2.56. The van der Waals surface area contributed by atoms with Crippen LogP contribution in [0.2, 0.25) is 0 Å². The van der Waals surface area contributed by atoms with Gasteiger partial charge in [-0.2, -0.15) is 32.0 Å². The van der Waals surface area contributed by atoms with Crippen LogP contribution in [0.1, 0.15) is 41.8 Å². The van der Waals surface area contributed by atoms with Gasteiger partial charge in [-0.25, -0.2) is 0 Å². The zero-order valence-electron chi connectivity index (χ0n) is 12.1. The van der Waals surface area contributed by atoms with Crippen molar-refractivity contribution in [1.82, 2.24) is 0 Å². The maximum absolute atomic E-state index is 12.9. The average Bonchev–Trinajstić information content (AvgIpc) is 2.35. The largest absolute Gasteiger partial charge is 1.00 e. The molecule has 0 amide bonds. The van der Waals surface area contributed by atoms with Crippen LogP contribution in [0.5, 0.6) is 0 Å². The van der Waals surface area contributed by atoms with E-state index in [4.69, 9.17) is 0 Å². The normalized spacial score (nSPS) is 14.0.